The molecule has 2 heteroatoms. The van der Waals surface area contributed by atoms with E-state index in [4.69, 9.17) is 11.6 Å². The zero-order valence-corrected chi connectivity index (χ0v) is 9.46. The maximum atomic E-state index is 9.22. The summed E-state index contributed by atoms with van der Waals surface area (Å²) in [4.78, 5) is 0. The van der Waals surface area contributed by atoms with Gasteiger partial charge in [0.05, 0.1) is 6.10 Å². The first-order valence-corrected chi connectivity index (χ1v) is 5.38. The molecule has 0 aliphatic carbocycles. The van der Waals surface area contributed by atoms with Crippen molar-refractivity contribution in [1.29, 1.82) is 0 Å². The third kappa shape index (κ3) is 4.12. The first kappa shape index (κ1) is 11.5. The maximum Gasteiger partial charge on any atom is 0.0514 e. The second-order valence-corrected chi connectivity index (χ2v) is 4.46. The summed E-state index contributed by atoms with van der Waals surface area (Å²) in [5.41, 5.74) is 1.28. The Labute approximate surface area is 90.7 Å². The van der Waals surface area contributed by atoms with E-state index in [9.17, 15) is 5.11 Å². The molecule has 14 heavy (non-hydrogen) atoms. The molecular formula is C12H17ClO. The molecule has 2 atom stereocenters. The van der Waals surface area contributed by atoms with E-state index >= 15 is 0 Å². The van der Waals surface area contributed by atoms with Gasteiger partial charge in [-0.15, -0.1) is 0 Å². The predicted octanol–water partition coefficient (Wildman–Crippen LogP) is 3.29. The van der Waals surface area contributed by atoms with Crippen LogP contribution in [0.3, 0.4) is 0 Å². The van der Waals surface area contributed by atoms with E-state index in [2.05, 4.69) is 6.92 Å². The minimum Gasteiger partial charge on any atom is -0.393 e. The fourth-order valence-electron chi connectivity index (χ4n) is 1.69. The van der Waals surface area contributed by atoms with E-state index in [1.807, 2.05) is 31.2 Å². The van der Waals surface area contributed by atoms with E-state index in [1.165, 1.54) is 5.56 Å². The number of aliphatic hydroxyl groups excluding tert-OH is 1. The third-order valence-corrected chi connectivity index (χ3v) is 2.49. The van der Waals surface area contributed by atoms with Gasteiger partial charge in [0.15, 0.2) is 0 Å². The quantitative estimate of drug-likeness (QED) is 0.812. The molecule has 0 saturated heterocycles. The number of aliphatic hydroxyl groups is 1. The highest BCUT2D eigenvalue weighted by atomic mass is 35.5. The lowest BCUT2D eigenvalue weighted by atomic mass is 9.96. The molecule has 0 amide bonds. The van der Waals surface area contributed by atoms with Crippen molar-refractivity contribution in [2.24, 2.45) is 5.92 Å². The molecule has 1 N–H and O–H groups in total. The van der Waals surface area contributed by atoms with Crippen LogP contribution in [0.15, 0.2) is 24.3 Å². The van der Waals surface area contributed by atoms with Gasteiger partial charge in [-0.3, -0.25) is 0 Å². The molecule has 0 bridgehead atoms. The Morgan fingerprint density at radius 2 is 1.79 bits per heavy atom. The van der Waals surface area contributed by atoms with Gasteiger partial charge < -0.3 is 5.11 Å². The molecule has 0 heterocycles. The molecule has 2 unspecified atom stereocenters. The van der Waals surface area contributed by atoms with Gasteiger partial charge in [-0.2, -0.15) is 0 Å². The number of benzene rings is 1. The molecule has 0 fully saturated rings. The van der Waals surface area contributed by atoms with Crippen LogP contribution >= 0.6 is 11.6 Å². The average molecular weight is 213 g/mol. The molecule has 1 nitrogen and oxygen atoms in total. The van der Waals surface area contributed by atoms with Gasteiger partial charge in [-0.25, -0.2) is 0 Å². The Kier molecular flexibility index (Phi) is 4.43. The summed E-state index contributed by atoms with van der Waals surface area (Å²) in [7, 11) is 0. The van der Waals surface area contributed by atoms with E-state index in [-0.39, 0.29) is 6.10 Å². The number of hydrogen-bond donors (Lipinski definition) is 1. The van der Waals surface area contributed by atoms with Crippen LogP contribution in [0.1, 0.15) is 25.8 Å². The van der Waals surface area contributed by atoms with Crippen LogP contribution in [0.2, 0.25) is 5.02 Å². The van der Waals surface area contributed by atoms with Crippen molar-refractivity contribution >= 4 is 11.6 Å². The summed E-state index contributed by atoms with van der Waals surface area (Å²) in [6.07, 6.45) is 1.64. The summed E-state index contributed by atoms with van der Waals surface area (Å²) in [5.74, 6) is 0.510. The second kappa shape index (κ2) is 5.38. The van der Waals surface area contributed by atoms with Gasteiger partial charge in [-0.1, -0.05) is 30.7 Å². The molecule has 1 rings (SSSR count). The minimum atomic E-state index is -0.211. The van der Waals surface area contributed by atoms with Crippen molar-refractivity contribution in [3.63, 3.8) is 0 Å². The van der Waals surface area contributed by atoms with Crippen molar-refractivity contribution in [2.75, 3.05) is 0 Å². The van der Waals surface area contributed by atoms with Crippen LogP contribution in [-0.4, -0.2) is 11.2 Å². The molecule has 0 aliphatic heterocycles. The Morgan fingerprint density at radius 1 is 1.21 bits per heavy atom. The van der Waals surface area contributed by atoms with E-state index in [0.29, 0.717) is 5.92 Å². The van der Waals surface area contributed by atoms with Crippen LogP contribution in [0.5, 0.6) is 0 Å². The molecule has 1 aromatic carbocycles. The summed E-state index contributed by atoms with van der Waals surface area (Å²) in [6.45, 7) is 3.99. The van der Waals surface area contributed by atoms with E-state index in [0.717, 1.165) is 17.9 Å². The molecular weight excluding hydrogens is 196 g/mol. The van der Waals surface area contributed by atoms with Crippen molar-refractivity contribution in [3.05, 3.63) is 34.9 Å². The lowest BCUT2D eigenvalue weighted by Crippen LogP contribution is -2.09. The molecule has 0 aliphatic rings. The number of halogens is 1. The SMILES string of the molecule is CC(O)CC(C)Cc1ccc(Cl)cc1. The van der Waals surface area contributed by atoms with Crippen LogP contribution in [0.4, 0.5) is 0 Å². The Morgan fingerprint density at radius 3 is 2.29 bits per heavy atom. The first-order valence-electron chi connectivity index (χ1n) is 5.00. The monoisotopic (exact) mass is 212 g/mol. The molecule has 78 valence electrons. The van der Waals surface area contributed by atoms with Gasteiger partial charge in [0.2, 0.25) is 0 Å². The van der Waals surface area contributed by atoms with Gasteiger partial charge >= 0.3 is 0 Å². The van der Waals surface area contributed by atoms with E-state index in [1.54, 1.807) is 0 Å². The highest BCUT2D eigenvalue weighted by molar-refractivity contribution is 6.30. The van der Waals surface area contributed by atoms with Crippen molar-refractivity contribution < 1.29 is 5.11 Å². The van der Waals surface area contributed by atoms with Crippen molar-refractivity contribution in [2.45, 2.75) is 32.8 Å². The van der Waals surface area contributed by atoms with Gasteiger partial charge in [0.1, 0.15) is 0 Å². The van der Waals surface area contributed by atoms with E-state index < -0.39 is 0 Å². The lowest BCUT2D eigenvalue weighted by Gasteiger charge is -2.13. The zero-order chi connectivity index (χ0) is 10.6. The van der Waals surface area contributed by atoms with Gasteiger partial charge in [0.25, 0.3) is 0 Å². The molecule has 0 aromatic heterocycles. The Bertz CT molecular complexity index is 266. The lowest BCUT2D eigenvalue weighted by molar-refractivity contribution is 0.164. The smallest absolute Gasteiger partial charge is 0.0514 e. The standard InChI is InChI=1S/C12H17ClO/c1-9(7-10(2)14)8-11-3-5-12(13)6-4-11/h3-6,9-10,14H,7-8H2,1-2H3. The van der Waals surface area contributed by atoms with Crippen LogP contribution < -0.4 is 0 Å². The maximum absolute atomic E-state index is 9.22. The van der Waals surface area contributed by atoms with Crippen LogP contribution in [0, 0.1) is 5.92 Å². The second-order valence-electron chi connectivity index (χ2n) is 4.02. The summed E-state index contributed by atoms with van der Waals surface area (Å²) in [5, 5.41) is 10.00. The summed E-state index contributed by atoms with van der Waals surface area (Å²) < 4.78 is 0. The predicted molar refractivity (Wildman–Crippen MR) is 60.6 cm³/mol. The topological polar surface area (TPSA) is 20.2 Å². The molecule has 1 aromatic rings. The van der Waals surface area contributed by atoms with Crippen molar-refractivity contribution in [1.82, 2.24) is 0 Å². The van der Waals surface area contributed by atoms with Crippen LogP contribution in [-0.2, 0) is 6.42 Å². The summed E-state index contributed by atoms with van der Waals surface area (Å²) >= 11 is 5.79. The normalized spacial score (nSPS) is 15.1. The highest BCUT2D eigenvalue weighted by Crippen LogP contribution is 2.16. The fraction of sp³-hybridized carbons (Fsp3) is 0.500. The first-order chi connectivity index (χ1) is 6.58. The minimum absolute atomic E-state index is 0.211. The van der Waals surface area contributed by atoms with Gasteiger partial charge in [-0.05, 0) is 43.4 Å². The Balaban J connectivity index is 2.47. The number of hydrogen-bond acceptors (Lipinski definition) is 1. The fourth-order valence-corrected chi connectivity index (χ4v) is 1.81. The van der Waals surface area contributed by atoms with Gasteiger partial charge in [0, 0.05) is 5.02 Å². The molecule has 0 saturated carbocycles. The van der Waals surface area contributed by atoms with Crippen LogP contribution in [0.25, 0.3) is 0 Å². The summed E-state index contributed by atoms with van der Waals surface area (Å²) in [6, 6.07) is 7.90. The molecule has 0 spiro atoms. The Hall–Kier alpha value is -0.530. The third-order valence-electron chi connectivity index (χ3n) is 2.24. The highest BCUT2D eigenvalue weighted by Gasteiger charge is 2.06. The number of rotatable bonds is 4. The average Bonchev–Trinajstić information content (AvgIpc) is 2.07. The zero-order valence-electron chi connectivity index (χ0n) is 8.70. The largest absolute Gasteiger partial charge is 0.393 e. The van der Waals surface area contributed by atoms with Crippen molar-refractivity contribution in [3.8, 4) is 0 Å². The molecule has 0 radical (unpaired) electrons.